The summed E-state index contributed by atoms with van der Waals surface area (Å²) in [6.07, 6.45) is 1.92. The first-order valence-electron chi connectivity index (χ1n) is 5.80. The van der Waals surface area contributed by atoms with E-state index in [-0.39, 0.29) is 5.60 Å². The number of ether oxygens (including phenoxy) is 1. The number of hydrogen-bond acceptors (Lipinski definition) is 2. The zero-order chi connectivity index (χ0) is 14.5. The fraction of sp³-hybridized carbons (Fsp3) is 0.357. The molecule has 0 spiro atoms. The van der Waals surface area contributed by atoms with Crippen molar-refractivity contribution in [1.29, 1.82) is 0 Å². The summed E-state index contributed by atoms with van der Waals surface area (Å²) >= 11 is 9.40. The van der Waals surface area contributed by atoms with Gasteiger partial charge in [-0.05, 0) is 49.9 Å². The van der Waals surface area contributed by atoms with Crippen molar-refractivity contribution < 1.29 is 9.53 Å². The number of carbonyl (C=O) groups excluding carboxylic acids is 1. The molecule has 1 N–H and O–H groups in total. The van der Waals surface area contributed by atoms with Crippen LogP contribution in [0.2, 0.25) is 5.02 Å². The van der Waals surface area contributed by atoms with Gasteiger partial charge < -0.3 is 9.72 Å². The van der Waals surface area contributed by atoms with E-state index in [9.17, 15) is 4.79 Å². The zero-order valence-electron chi connectivity index (χ0n) is 11.2. The fourth-order valence-electron chi connectivity index (χ4n) is 1.37. The Morgan fingerprint density at radius 1 is 1.42 bits per heavy atom. The van der Waals surface area contributed by atoms with Crippen molar-refractivity contribution in [3.8, 4) is 0 Å². The molecule has 5 heteroatoms. The lowest BCUT2D eigenvalue weighted by atomic mass is 10.2. The van der Waals surface area contributed by atoms with E-state index < -0.39 is 0 Å². The van der Waals surface area contributed by atoms with Crippen molar-refractivity contribution >= 4 is 44.9 Å². The molecule has 0 aliphatic carbocycles. The summed E-state index contributed by atoms with van der Waals surface area (Å²) in [6.45, 7) is 5.92. The molecular formula is C14H17BrClNO2. The third-order valence-corrected chi connectivity index (χ3v) is 3.22. The molecule has 1 aromatic carbocycles. The number of benzene rings is 1. The topological polar surface area (TPSA) is 42.1 Å². The summed E-state index contributed by atoms with van der Waals surface area (Å²) < 4.78 is 4.55. The largest absolute Gasteiger partial charge is 0.462 e. The van der Waals surface area contributed by atoms with Crippen molar-refractivity contribution in [3.63, 3.8) is 0 Å². The highest BCUT2D eigenvalue weighted by Gasteiger charge is 2.07. The summed E-state index contributed by atoms with van der Waals surface area (Å²) in [5.41, 5.74) is 1.90. The molecule has 0 fully saturated rings. The normalized spacial score (nSPS) is 10.8. The Morgan fingerprint density at radius 3 is 2.58 bits per heavy atom. The minimum absolute atomic E-state index is 0.318. The van der Waals surface area contributed by atoms with Crippen molar-refractivity contribution in [2.75, 3.05) is 0 Å². The summed E-state index contributed by atoms with van der Waals surface area (Å²) in [6, 6.07) is 6.08. The Bertz CT molecular complexity index is 546. The first kappa shape index (κ1) is 16.1. The molecule has 0 aliphatic heterocycles. The molecule has 0 bridgehead atoms. The van der Waals surface area contributed by atoms with E-state index in [1.807, 2.05) is 39.1 Å². The summed E-state index contributed by atoms with van der Waals surface area (Å²) in [7, 11) is 0. The molecule has 104 valence electrons. The van der Waals surface area contributed by atoms with E-state index in [0.29, 0.717) is 6.47 Å². The second kappa shape index (κ2) is 6.96. The van der Waals surface area contributed by atoms with Crippen LogP contribution in [0.25, 0.3) is 10.9 Å². The molecule has 1 heterocycles. The van der Waals surface area contributed by atoms with Gasteiger partial charge in [0.15, 0.2) is 0 Å². The second-order valence-electron chi connectivity index (χ2n) is 4.97. The SMILES string of the molecule is CC(C)(C)OC=O.Clc1cc2[nH]ccc2cc1CBr. The van der Waals surface area contributed by atoms with Crippen molar-refractivity contribution in [1.82, 2.24) is 4.98 Å². The van der Waals surface area contributed by atoms with Crippen molar-refractivity contribution in [2.24, 2.45) is 0 Å². The number of rotatable bonds is 2. The minimum atomic E-state index is -0.318. The van der Waals surface area contributed by atoms with Gasteiger partial charge in [0.05, 0.1) is 0 Å². The van der Waals surface area contributed by atoms with Crippen molar-refractivity contribution in [2.45, 2.75) is 31.7 Å². The average molecular weight is 347 g/mol. The number of hydrogen-bond donors (Lipinski definition) is 1. The van der Waals surface area contributed by atoms with Gasteiger partial charge in [-0.2, -0.15) is 0 Å². The van der Waals surface area contributed by atoms with Crippen LogP contribution in [0, 0.1) is 0 Å². The Balaban J connectivity index is 0.000000224. The van der Waals surface area contributed by atoms with Gasteiger partial charge in [-0.1, -0.05) is 27.5 Å². The molecule has 0 amide bonds. The van der Waals surface area contributed by atoms with Crippen LogP contribution in [-0.4, -0.2) is 17.1 Å². The van der Waals surface area contributed by atoms with Crippen LogP contribution in [0.15, 0.2) is 24.4 Å². The highest BCUT2D eigenvalue weighted by molar-refractivity contribution is 9.08. The smallest absolute Gasteiger partial charge is 0.293 e. The van der Waals surface area contributed by atoms with E-state index in [1.165, 1.54) is 5.39 Å². The molecule has 0 saturated carbocycles. The van der Waals surface area contributed by atoms with E-state index in [1.54, 1.807) is 0 Å². The van der Waals surface area contributed by atoms with Gasteiger partial charge in [0.25, 0.3) is 6.47 Å². The third-order valence-electron chi connectivity index (χ3n) is 2.27. The maximum absolute atomic E-state index is 9.60. The van der Waals surface area contributed by atoms with Crippen LogP contribution >= 0.6 is 27.5 Å². The van der Waals surface area contributed by atoms with Crippen LogP contribution in [0.1, 0.15) is 26.3 Å². The van der Waals surface area contributed by atoms with Crippen LogP contribution in [0.4, 0.5) is 0 Å². The average Bonchev–Trinajstić information content (AvgIpc) is 2.74. The predicted molar refractivity (Wildman–Crippen MR) is 82.8 cm³/mol. The van der Waals surface area contributed by atoms with Crippen molar-refractivity contribution in [3.05, 3.63) is 35.0 Å². The van der Waals surface area contributed by atoms with Gasteiger partial charge >= 0.3 is 0 Å². The number of aromatic nitrogens is 1. The minimum Gasteiger partial charge on any atom is -0.462 e. The monoisotopic (exact) mass is 345 g/mol. The highest BCUT2D eigenvalue weighted by atomic mass is 79.9. The summed E-state index contributed by atoms with van der Waals surface area (Å²) in [5, 5.41) is 2.81. The lowest BCUT2D eigenvalue weighted by Crippen LogP contribution is -2.17. The number of carbonyl (C=O) groups is 1. The Hall–Kier alpha value is -1.00. The molecule has 1 aromatic heterocycles. The fourth-order valence-corrected chi connectivity index (χ4v) is 2.22. The summed E-state index contributed by atoms with van der Waals surface area (Å²) in [4.78, 5) is 12.7. The van der Waals surface area contributed by atoms with Gasteiger partial charge in [-0.15, -0.1) is 0 Å². The van der Waals surface area contributed by atoms with Crippen LogP contribution < -0.4 is 0 Å². The van der Waals surface area contributed by atoms with E-state index in [4.69, 9.17) is 11.6 Å². The molecule has 19 heavy (non-hydrogen) atoms. The first-order valence-corrected chi connectivity index (χ1v) is 7.30. The molecule has 0 radical (unpaired) electrons. The van der Waals surface area contributed by atoms with Crippen LogP contribution in [0.3, 0.4) is 0 Å². The van der Waals surface area contributed by atoms with Gasteiger partial charge in [-0.25, -0.2) is 0 Å². The Morgan fingerprint density at radius 2 is 2.11 bits per heavy atom. The van der Waals surface area contributed by atoms with E-state index in [0.717, 1.165) is 21.4 Å². The number of alkyl halides is 1. The van der Waals surface area contributed by atoms with Crippen LogP contribution in [0.5, 0.6) is 0 Å². The van der Waals surface area contributed by atoms with E-state index >= 15 is 0 Å². The quantitative estimate of drug-likeness (QED) is 0.634. The van der Waals surface area contributed by atoms with Crippen LogP contribution in [-0.2, 0) is 14.9 Å². The van der Waals surface area contributed by atoms with E-state index in [2.05, 4.69) is 31.7 Å². The molecule has 0 saturated heterocycles. The van der Waals surface area contributed by atoms with Gasteiger partial charge in [0.2, 0.25) is 0 Å². The summed E-state index contributed by atoms with van der Waals surface area (Å²) in [5.74, 6) is 0. The van der Waals surface area contributed by atoms with Gasteiger partial charge in [-0.3, -0.25) is 4.79 Å². The lowest BCUT2D eigenvalue weighted by molar-refractivity contribution is -0.138. The Kier molecular flexibility index (Phi) is 5.88. The zero-order valence-corrected chi connectivity index (χ0v) is 13.5. The Labute approximate surface area is 126 Å². The molecular weight excluding hydrogens is 330 g/mol. The molecule has 0 atom stereocenters. The predicted octanol–water partition coefficient (Wildman–Crippen LogP) is 4.67. The lowest BCUT2D eigenvalue weighted by Gasteiger charge is -2.14. The molecule has 3 nitrogen and oxygen atoms in total. The highest BCUT2D eigenvalue weighted by Crippen LogP contribution is 2.24. The molecule has 0 aliphatic rings. The second-order valence-corrected chi connectivity index (χ2v) is 5.94. The number of fused-ring (bicyclic) bond motifs is 1. The maximum Gasteiger partial charge on any atom is 0.293 e. The number of aromatic amines is 1. The van der Waals surface area contributed by atoms with Gasteiger partial charge in [0, 0.05) is 22.1 Å². The molecule has 0 unspecified atom stereocenters. The molecule has 2 rings (SSSR count). The van der Waals surface area contributed by atoms with Gasteiger partial charge in [0.1, 0.15) is 5.60 Å². The number of nitrogens with one attached hydrogen (secondary N) is 1. The number of halogens is 2. The maximum atomic E-state index is 9.60. The molecule has 2 aromatic rings. The first-order chi connectivity index (χ1) is 8.87. The third kappa shape index (κ3) is 5.25. The standard InChI is InChI=1S/C9H7BrClN.C5H10O2/c10-5-7-3-6-1-2-12-9(6)4-8(7)11;1-5(2,3)7-4-6/h1-4,12H,5H2;4H,1-3H3. The number of H-pyrrole nitrogens is 1.